The summed E-state index contributed by atoms with van der Waals surface area (Å²) in [6, 6.07) is 0. The minimum atomic E-state index is -0.712. The molecule has 0 heterocycles. The highest BCUT2D eigenvalue weighted by molar-refractivity contribution is 5.95. The second-order valence-electron chi connectivity index (χ2n) is 2.07. The molecule has 0 aromatic rings. The molecule has 0 aliphatic heterocycles. The van der Waals surface area contributed by atoms with E-state index in [1.807, 2.05) is 0 Å². The summed E-state index contributed by atoms with van der Waals surface area (Å²) in [4.78, 5) is 21.6. The summed E-state index contributed by atoms with van der Waals surface area (Å²) in [5.41, 5.74) is 4.97. The Morgan fingerprint density at radius 2 is 1.77 bits per heavy atom. The predicted molar refractivity (Wildman–Crippen MR) is 45.5 cm³/mol. The van der Waals surface area contributed by atoms with E-state index in [1.165, 1.54) is 0 Å². The molecule has 0 radical (unpaired) electrons. The van der Waals surface area contributed by atoms with Crippen molar-refractivity contribution in [2.45, 2.75) is 13.8 Å². The number of rotatable bonds is 4. The lowest BCUT2D eigenvalue weighted by Crippen LogP contribution is -2.17. The highest BCUT2D eigenvalue weighted by Crippen LogP contribution is 1.91. The van der Waals surface area contributed by atoms with Gasteiger partial charge in [-0.05, 0) is 13.8 Å². The quantitative estimate of drug-likeness (QED) is 0.493. The highest BCUT2D eigenvalue weighted by Gasteiger charge is 2.08. The molecular weight excluding hydrogens is 174 g/mol. The van der Waals surface area contributed by atoms with Crippen LogP contribution in [0.15, 0.2) is 11.8 Å². The predicted octanol–water partition coefficient (Wildman–Crippen LogP) is -0.0448. The first kappa shape index (κ1) is 11.5. The maximum Gasteiger partial charge on any atom is 0.354 e. The van der Waals surface area contributed by atoms with Crippen LogP contribution in [0.2, 0.25) is 0 Å². The van der Waals surface area contributed by atoms with Gasteiger partial charge in [-0.25, -0.2) is 9.59 Å². The van der Waals surface area contributed by atoms with Gasteiger partial charge in [0, 0.05) is 0 Å². The van der Waals surface area contributed by atoms with Crippen molar-refractivity contribution in [1.82, 2.24) is 0 Å². The third-order valence-corrected chi connectivity index (χ3v) is 1.07. The average molecular weight is 187 g/mol. The van der Waals surface area contributed by atoms with Crippen LogP contribution < -0.4 is 5.73 Å². The van der Waals surface area contributed by atoms with Crippen molar-refractivity contribution in [2.24, 2.45) is 5.73 Å². The molecule has 2 N–H and O–H groups in total. The molecule has 0 aliphatic carbocycles. The molecule has 0 fully saturated rings. The Hall–Kier alpha value is -1.52. The molecule has 5 nitrogen and oxygen atoms in total. The number of hydrogen-bond donors (Lipinski definition) is 1. The van der Waals surface area contributed by atoms with E-state index in [0.29, 0.717) is 0 Å². The fraction of sp³-hybridized carbons (Fsp3) is 0.500. The van der Waals surface area contributed by atoms with Crippen LogP contribution in [0.3, 0.4) is 0 Å². The van der Waals surface area contributed by atoms with Crippen molar-refractivity contribution in [2.75, 3.05) is 13.2 Å². The molecule has 0 amide bonds. The maximum absolute atomic E-state index is 10.9. The van der Waals surface area contributed by atoms with Crippen LogP contribution in [-0.2, 0) is 19.1 Å². The summed E-state index contributed by atoms with van der Waals surface area (Å²) in [7, 11) is 0. The van der Waals surface area contributed by atoms with E-state index in [2.05, 4.69) is 9.47 Å². The standard InChI is InChI=1S/C8H13NO4/c1-3-12-7(10)5-6(9)8(11)13-4-2/h5H,3-4,9H2,1-2H3/b6-5+. The van der Waals surface area contributed by atoms with Gasteiger partial charge in [0.2, 0.25) is 0 Å². The minimum Gasteiger partial charge on any atom is -0.463 e. The van der Waals surface area contributed by atoms with Gasteiger partial charge in [0.1, 0.15) is 5.70 Å². The highest BCUT2D eigenvalue weighted by atomic mass is 16.5. The Kier molecular flexibility index (Phi) is 5.34. The topological polar surface area (TPSA) is 78.6 Å². The lowest BCUT2D eigenvalue weighted by atomic mass is 10.4. The number of carbonyl (C=O) groups excluding carboxylic acids is 2. The smallest absolute Gasteiger partial charge is 0.354 e. The largest absolute Gasteiger partial charge is 0.463 e. The van der Waals surface area contributed by atoms with Gasteiger partial charge in [0.05, 0.1) is 19.3 Å². The Bertz CT molecular complexity index is 222. The Balaban J connectivity index is 4.14. The third kappa shape index (κ3) is 4.84. The molecule has 0 unspecified atom stereocenters. The zero-order chi connectivity index (χ0) is 10.3. The Labute approximate surface area is 76.5 Å². The molecule has 0 saturated heterocycles. The zero-order valence-electron chi connectivity index (χ0n) is 7.70. The molecular formula is C8H13NO4. The number of carbonyl (C=O) groups is 2. The monoisotopic (exact) mass is 187 g/mol. The second kappa shape index (κ2) is 6.05. The van der Waals surface area contributed by atoms with E-state index in [-0.39, 0.29) is 18.9 Å². The van der Waals surface area contributed by atoms with Crippen molar-refractivity contribution >= 4 is 11.9 Å². The van der Waals surface area contributed by atoms with Crippen LogP contribution in [0, 0.1) is 0 Å². The van der Waals surface area contributed by atoms with Crippen LogP contribution in [0.25, 0.3) is 0 Å². The summed E-state index contributed by atoms with van der Waals surface area (Å²) >= 11 is 0. The van der Waals surface area contributed by atoms with Crippen molar-refractivity contribution < 1.29 is 19.1 Å². The van der Waals surface area contributed by atoms with E-state index in [9.17, 15) is 9.59 Å². The summed E-state index contributed by atoms with van der Waals surface area (Å²) in [5, 5.41) is 0. The second-order valence-corrected chi connectivity index (χ2v) is 2.07. The van der Waals surface area contributed by atoms with E-state index in [4.69, 9.17) is 5.73 Å². The lowest BCUT2D eigenvalue weighted by molar-refractivity contribution is -0.141. The fourth-order valence-corrected chi connectivity index (χ4v) is 0.584. The first-order chi connectivity index (χ1) is 6.11. The number of nitrogens with two attached hydrogens (primary N) is 1. The van der Waals surface area contributed by atoms with Crippen molar-refractivity contribution in [3.8, 4) is 0 Å². The molecule has 13 heavy (non-hydrogen) atoms. The van der Waals surface area contributed by atoms with E-state index < -0.39 is 11.9 Å². The van der Waals surface area contributed by atoms with Gasteiger partial charge in [-0.15, -0.1) is 0 Å². The Morgan fingerprint density at radius 3 is 2.23 bits per heavy atom. The van der Waals surface area contributed by atoms with Crippen LogP contribution in [0.5, 0.6) is 0 Å². The van der Waals surface area contributed by atoms with Gasteiger partial charge < -0.3 is 15.2 Å². The normalized spacial score (nSPS) is 10.8. The van der Waals surface area contributed by atoms with Gasteiger partial charge >= 0.3 is 11.9 Å². The van der Waals surface area contributed by atoms with E-state index >= 15 is 0 Å². The molecule has 0 aliphatic rings. The Morgan fingerprint density at radius 1 is 1.23 bits per heavy atom. The van der Waals surface area contributed by atoms with Gasteiger partial charge in [0.15, 0.2) is 0 Å². The average Bonchev–Trinajstić information content (AvgIpc) is 2.05. The number of ether oxygens (including phenoxy) is 2. The molecule has 0 aromatic heterocycles. The van der Waals surface area contributed by atoms with Crippen molar-refractivity contribution in [1.29, 1.82) is 0 Å². The van der Waals surface area contributed by atoms with Gasteiger partial charge in [-0.1, -0.05) is 0 Å². The molecule has 0 aromatic carbocycles. The summed E-state index contributed by atoms with van der Waals surface area (Å²) < 4.78 is 9.08. The molecule has 0 spiro atoms. The fourth-order valence-electron chi connectivity index (χ4n) is 0.584. The van der Waals surface area contributed by atoms with Crippen LogP contribution >= 0.6 is 0 Å². The number of esters is 2. The first-order valence-electron chi connectivity index (χ1n) is 3.92. The molecule has 74 valence electrons. The molecule has 5 heteroatoms. The summed E-state index contributed by atoms with van der Waals surface area (Å²) in [5.74, 6) is -1.36. The summed E-state index contributed by atoms with van der Waals surface area (Å²) in [6.07, 6.45) is 0.904. The third-order valence-electron chi connectivity index (χ3n) is 1.07. The lowest BCUT2D eigenvalue weighted by Gasteiger charge is -2.00. The van der Waals surface area contributed by atoms with Crippen LogP contribution in [0.1, 0.15) is 13.8 Å². The molecule has 0 atom stereocenters. The maximum atomic E-state index is 10.9. The van der Waals surface area contributed by atoms with E-state index in [0.717, 1.165) is 6.08 Å². The van der Waals surface area contributed by atoms with Crippen molar-refractivity contribution in [3.63, 3.8) is 0 Å². The molecule has 0 bridgehead atoms. The zero-order valence-corrected chi connectivity index (χ0v) is 7.70. The van der Waals surface area contributed by atoms with Crippen molar-refractivity contribution in [3.05, 3.63) is 11.8 Å². The van der Waals surface area contributed by atoms with Gasteiger partial charge in [-0.2, -0.15) is 0 Å². The van der Waals surface area contributed by atoms with Gasteiger partial charge in [-0.3, -0.25) is 0 Å². The van der Waals surface area contributed by atoms with Gasteiger partial charge in [0.25, 0.3) is 0 Å². The summed E-state index contributed by atoms with van der Waals surface area (Å²) in [6.45, 7) is 3.77. The molecule has 0 saturated carbocycles. The molecule has 0 rings (SSSR count). The number of hydrogen-bond acceptors (Lipinski definition) is 5. The minimum absolute atomic E-state index is 0.218. The first-order valence-corrected chi connectivity index (χ1v) is 3.92. The SMILES string of the molecule is CCOC(=O)/C=C(/N)C(=O)OCC. The van der Waals surface area contributed by atoms with Crippen LogP contribution in [-0.4, -0.2) is 25.2 Å². The van der Waals surface area contributed by atoms with Crippen LogP contribution in [0.4, 0.5) is 0 Å². The van der Waals surface area contributed by atoms with E-state index in [1.54, 1.807) is 13.8 Å².